The predicted octanol–water partition coefficient (Wildman–Crippen LogP) is 0.781. The Hall–Kier alpha value is -0.480. The van der Waals surface area contributed by atoms with Crippen molar-refractivity contribution >= 4 is 0 Å². The molecule has 1 aliphatic rings. The monoisotopic (exact) mass is 110 g/mol. The Kier molecular flexibility index (Phi) is 1.55. The Morgan fingerprint density at radius 2 is 2.25 bits per heavy atom. The van der Waals surface area contributed by atoms with Gasteiger partial charge in [0, 0.05) is 5.92 Å². The molecule has 0 aromatic rings. The maximum Gasteiger partial charge on any atom is 0.0677 e. The van der Waals surface area contributed by atoms with E-state index in [1.807, 2.05) is 0 Å². The van der Waals surface area contributed by atoms with Crippen LogP contribution in [0.2, 0.25) is 0 Å². The van der Waals surface area contributed by atoms with E-state index >= 15 is 0 Å². The molecular formula is C7H10O. The molecule has 0 unspecified atom stereocenters. The predicted molar refractivity (Wildman–Crippen MR) is 32.2 cm³/mol. The van der Waals surface area contributed by atoms with Gasteiger partial charge in [-0.05, 0) is 19.3 Å². The van der Waals surface area contributed by atoms with Crippen molar-refractivity contribution in [3.05, 3.63) is 0 Å². The molecule has 2 atom stereocenters. The summed E-state index contributed by atoms with van der Waals surface area (Å²) < 4.78 is 0. The fourth-order valence-corrected chi connectivity index (χ4v) is 1.13. The first-order valence-electron chi connectivity index (χ1n) is 2.99. The van der Waals surface area contributed by atoms with Crippen molar-refractivity contribution in [1.29, 1.82) is 0 Å². The second kappa shape index (κ2) is 2.19. The van der Waals surface area contributed by atoms with E-state index in [4.69, 9.17) is 11.5 Å². The van der Waals surface area contributed by atoms with Gasteiger partial charge in [0.1, 0.15) is 0 Å². The zero-order valence-electron chi connectivity index (χ0n) is 4.80. The lowest BCUT2D eigenvalue weighted by Crippen LogP contribution is -2.09. The minimum Gasteiger partial charge on any atom is -0.392 e. The molecule has 1 aliphatic carbocycles. The lowest BCUT2D eigenvalue weighted by atomic mass is 10.1. The van der Waals surface area contributed by atoms with Crippen LogP contribution in [0.3, 0.4) is 0 Å². The molecule has 0 bridgehead atoms. The number of hydrogen-bond acceptors (Lipinski definition) is 1. The van der Waals surface area contributed by atoms with Gasteiger partial charge in [-0.15, -0.1) is 12.3 Å². The molecule has 44 valence electrons. The van der Waals surface area contributed by atoms with Crippen LogP contribution in [-0.2, 0) is 0 Å². The Labute approximate surface area is 49.7 Å². The van der Waals surface area contributed by atoms with Crippen molar-refractivity contribution in [3.63, 3.8) is 0 Å². The first-order chi connectivity index (χ1) is 3.84. The minimum atomic E-state index is -0.208. The van der Waals surface area contributed by atoms with Crippen LogP contribution in [0.4, 0.5) is 0 Å². The zero-order chi connectivity index (χ0) is 5.98. The van der Waals surface area contributed by atoms with Crippen LogP contribution < -0.4 is 0 Å². The lowest BCUT2D eigenvalue weighted by molar-refractivity contribution is 0.157. The van der Waals surface area contributed by atoms with Gasteiger partial charge < -0.3 is 5.11 Å². The summed E-state index contributed by atoms with van der Waals surface area (Å²) in [6, 6.07) is 0. The molecule has 1 rings (SSSR count). The summed E-state index contributed by atoms with van der Waals surface area (Å²) in [6.07, 6.45) is 7.91. The van der Waals surface area contributed by atoms with Crippen molar-refractivity contribution in [2.24, 2.45) is 5.92 Å². The molecule has 0 spiro atoms. The summed E-state index contributed by atoms with van der Waals surface area (Å²) in [7, 11) is 0. The number of terminal acetylenes is 1. The highest BCUT2D eigenvalue weighted by Gasteiger charge is 2.22. The molecular weight excluding hydrogens is 100 g/mol. The molecule has 0 aliphatic heterocycles. The van der Waals surface area contributed by atoms with Crippen LogP contribution in [0.5, 0.6) is 0 Å². The number of aliphatic hydroxyl groups excluding tert-OH is 1. The smallest absolute Gasteiger partial charge is 0.0677 e. The molecule has 1 saturated carbocycles. The van der Waals surface area contributed by atoms with E-state index in [0.29, 0.717) is 0 Å². The highest BCUT2D eigenvalue weighted by Crippen LogP contribution is 2.23. The third-order valence-corrected chi connectivity index (χ3v) is 1.69. The maximum absolute atomic E-state index is 9.05. The molecule has 1 N–H and O–H groups in total. The van der Waals surface area contributed by atoms with Crippen molar-refractivity contribution < 1.29 is 5.11 Å². The van der Waals surface area contributed by atoms with Crippen molar-refractivity contribution in [3.8, 4) is 12.3 Å². The highest BCUT2D eigenvalue weighted by molar-refractivity contribution is 4.99. The summed E-state index contributed by atoms with van der Waals surface area (Å²) in [5, 5.41) is 9.05. The molecule has 0 aromatic carbocycles. The normalized spacial score (nSPS) is 37.0. The molecule has 0 amide bonds. The van der Waals surface area contributed by atoms with E-state index < -0.39 is 0 Å². The summed E-state index contributed by atoms with van der Waals surface area (Å²) in [6.45, 7) is 0. The summed E-state index contributed by atoms with van der Waals surface area (Å²) in [5.74, 6) is 2.71. The van der Waals surface area contributed by atoms with Gasteiger partial charge in [0.2, 0.25) is 0 Å². The fraction of sp³-hybridized carbons (Fsp3) is 0.714. The van der Waals surface area contributed by atoms with Gasteiger partial charge in [-0.2, -0.15) is 0 Å². The Balaban J connectivity index is 2.45. The first kappa shape index (κ1) is 5.65. The van der Waals surface area contributed by atoms with Gasteiger partial charge in [-0.1, -0.05) is 0 Å². The Bertz CT molecular complexity index is 112. The van der Waals surface area contributed by atoms with Crippen molar-refractivity contribution in [1.82, 2.24) is 0 Å². The quantitative estimate of drug-likeness (QED) is 0.457. The molecule has 8 heavy (non-hydrogen) atoms. The second-order valence-electron chi connectivity index (χ2n) is 2.27. The topological polar surface area (TPSA) is 20.2 Å². The van der Waals surface area contributed by atoms with Gasteiger partial charge in [0.05, 0.1) is 6.10 Å². The van der Waals surface area contributed by atoms with Gasteiger partial charge in [-0.3, -0.25) is 0 Å². The maximum atomic E-state index is 9.05. The van der Waals surface area contributed by atoms with Crippen LogP contribution in [-0.4, -0.2) is 11.2 Å². The fourth-order valence-electron chi connectivity index (χ4n) is 1.13. The molecule has 1 fully saturated rings. The standard InChI is InChI=1S/C7H10O/c1-2-6-4-3-5-7(6)8/h1,6-8H,3-5H2/t6-,7-/m1/s1. The molecule has 0 heterocycles. The van der Waals surface area contributed by atoms with E-state index in [-0.39, 0.29) is 12.0 Å². The number of hydrogen-bond donors (Lipinski definition) is 1. The third kappa shape index (κ3) is 0.850. The van der Waals surface area contributed by atoms with Crippen molar-refractivity contribution in [2.75, 3.05) is 0 Å². The summed E-state index contributed by atoms with van der Waals surface area (Å²) in [5.41, 5.74) is 0. The van der Waals surface area contributed by atoms with E-state index in [1.54, 1.807) is 0 Å². The molecule has 0 aromatic heterocycles. The van der Waals surface area contributed by atoms with Crippen LogP contribution in [0.25, 0.3) is 0 Å². The average molecular weight is 110 g/mol. The third-order valence-electron chi connectivity index (χ3n) is 1.69. The Morgan fingerprint density at radius 1 is 1.50 bits per heavy atom. The molecule has 1 nitrogen and oxygen atoms in total. The van der Waals surface area contributed by atoms with Gasteiger partial charge in [0.15, 0.2) is 0 Å². The highest BCUT2D eigenvalue weighted by atomic mass is 16.3. The van der Waals surface area contributed by atoms with Gasteiger partial charge in [-0.25, -0.2) is 0 Å². The van der Waals surface area contributed by atoms with Crippen LogP contribution >= 0.6 is 0 Å². The van der Waals surface area contributed by atoms with Crippen LogP contribution in [0.1, 0.15) is 19.3 Å². The average Bonchev–Trinajstić information content (AvgIpc) is 2.14. The van der Waals surface area contributed by atoms with E-state index in [9.17, 15) is 0 Å². The summed E-state index contributed by atoms with van der Waals surface area (Å²) in [4.78, 5) is 0. The van der Waals surface area contributed by atoms with Crippen LogP contribution in [0, 0.1) is 18.3 Å². The molecule has 0 radical (unpaired) electrons. The lowest BCUT2D eigenvalue weighted by Gasteiger charge is -2.03. The largest absolute Gasteiger partial charge is 0.392 e. The van der Waals surface area contributed by atoms with Crippen molar-refractivity contribution in [2.45, 2.75) is 25.4 Å². The van der Waals surface area contributed by atoms with Crippen LogP contribution in [0.15, 0.2) is 0 Å². The summed E-state index contributed by atoms with van der Waals surface area (Å²) >= 11 is 0. The second-order valence-corrected chi connectivity index (χ2v) is 2.27. The van der Waals surface area contributed by atoms with E-state index in [0.717, 1.165) is 19.3 Å². The Morgan fingerprint density at radius 3 is 2.50 bits per heavy atom. The number of aliphatic hydroxyl groups is 1. The van der Waals surface area contributed by atoms with E-state index in [2.05, 4.69) is 5.92 Å². The molecule has 1 heteroatoms. The van der Waals surface area contributed by atoms with Gasteiger partial charge >= 0.3 is 0 Å². The first-order valence-corrected chi connectivity index (χ1v) is 2.99. The molecule has 0 saturated heterocycles. The zero-order valence-corrected chi connectivity index (χ0v) is 4.80. The minimum absolute atomic E-state index is 0.148. The van der Waals surface area contributed by atoms with Gasteiger partial charge in [0.25, 0.3) is 0 Å². The number of rotatable bonds is 0. The SMILES string of the molecule is C#C[C@@H]1CCC[C@H]1O. The van der Waals surface area contributed by atoms with E-state index in [1.165, 1.54) is 0 Å².